The quantitative estimate of drug-likeness (QED) is 0.445. The zero-order chi connectivity index (χ0) is 21.7. The number of amides is 1. The molecular formula is C18H24ClN5O4S2. The van der Waals surface area contributed by atoms with Crippen LogP contribution >= 0.6 is 23.4 Å². The Morgan fingerprint density at radius 1 is 1.47 bits per heavy atom. The zero-order valence-corrected chi connectivity index (χ0v) is 19.1. The Kier molecular flexibility index (Phi) is 7.61. The van der Waals surface area contributed by atoms with Crippen molar-refractivity contribution in [3.63, 3.8) is 0 Å². The molecule has 1 unspecified atom stereocenters. The lowest BCUT2D eigenvalue weighted by Gasteiger charge is -2.31. The minimum atomic E-state index is -3.83. The molecule has 1 aliphatic heterocycles. The van der Waals surface area contributed by atoms with Gasteiger partial charge in [-0.3, -0.25) is 9.89 Å². The van der Waals surface area contributed by atoms with E-state index < -0.39 is 15.9 Å². The number of rotatable bonds is 8. The van der Waals surface area contributed by atoms with Crippen LogP contribution in [-0.2, 0) is 14.8 Å². The van der Waals surface area contributed by atoms with Gasteiger partial charge in [0.1, 0.15) is 16.5 Å². The summed E-state index contributed by atoms with van der Waals surface area (Å²) in [4.78, 5) is 16.8. The van der Waals surface area contributed by atoms with E-state index in [9.17, 15) is 13.2 Å². The fourth-order valence-electron chi connectivity index (χ4n) is 3.21. The number of aromatic nitrogens is 3. The molecule has 1 saturated heterocycles. The highest BCUT2D eigenvalue weighted by Gasteiger charge is 2.34. The van der Waals surface area contributed by atoms with Crippen LogP contribution < -0.4 is 10.1 Å². The molecule has 1 fully saturated rings. The van der Waals surface area contributed by atoms with Crippen molar-refractivity contribution < 1.29 is 17.9 Å². The van der Waals surface area contributed by atoms with E-state index in [0.717, 1.165) is 5.82 Å². The van der Waals surface area contributed by atoms with Crippen molar-refractivity contribution >= 4 is 39.3 Å². The smallest absolute Gasteiger partial charge is 0.246 e. The van der Waals surface area contributed by atoms with Crippen LogP contribution in [0.3, 0.4) is 0 Å². The molecular weight excluding hydrogens is 450 g/mol. The van der Waals surface area contributed by atoms with E-state index in [0.29, 0.717) is 41.9 Å². The third-order valence-electron chi connectivity index (χ3n) is 4.71. The number of nitrogens with one attached hydrogen (secondary N) is 2. The summed E-state index contributed by atoms with van der Waals surface area (Å²) in [6, 6.07) is 4.47. The first-order chi connectivity index (χ1) is 14.3. The Morgan fingerprint density at radius 3 is 2.97 bits per heavy atom. The molecule has 0 spiro atoms. The highest BCUT2D eigenvalue weighted by Crippen LogP contribution is 2.32. The van der Waals surface area contributed by atoms with Gasteiger partial charge in [-0.15, -0.1) is 5.10 Å². The van der Waals surface area contributed by atoms with E-state index in [-0.39, 0.29) is 23.1 Å². The lowest BCUT2D eigenvalue weighted by atomic mass is 9.99. The average molecular weight is 474 g/mol. The molecule has 1 aromatic carbocycles. The number of thioether (sulfide) groups is 1. The number of halogens is 1. The first kappa shape index (κ1) is 22.9. The summed E-state index contributed by atoms with van der Waals surface area (Å²) in [5.41, 5.74) is 0. The molecule has 1 atom stereocenters. The van der Waals surface area contributed by atoms with Gasteiger partial charge in [0.05, 0.1) is 13.0 Å². The molecule has 0 aliphatic carbocycles. The molecule has 164 valence electrons. The highest BCUT2D eigenvalue weighted by atomic mass is 35.5. The summed E-state index contributed by atoms with van der Waals surface area (Å²) in [6.07, 6.45) is 1.24. The third-order valence-corrected chi connectivity index (χ3v) is 7.68. The zero-order valence-electron chi connectivity index (χ0n) is 16.7. The SMILES string of the molecule is COc1ccc(Cl)cc1S(=O)(=O)N1CCCC(C(=O)NCCSc2n[nH]c(C)n2)C1. The number of piperidine rings is 1. The van der Waals surface area contributed by atoms with Crippen LogP contribution in [0.5, 0.6) is 5.75 Å². The Labute approximate surface area is 185 Å². The Bertz CT molecular complexity index is 998. The van der Waals surface area contributed by atoms with Gasteiger partial charge in [0.15, 0.2) is 0 Å². The van der Waals surface area contributed by atoms with Crippen molar-refractivity contribution in [1.82, 2.24) is 24.8 Å². The number of hydrogen-bond acceptors (Lipinski definition) is 7. The monoisotopic (exact) mass is 473 g/mol. The molecule has 0 bridgehead atoms. The molecule has 0 radical (unpaired) electrons. The molecule has 30 heavy (non-hydrogen) atoms. The average Bonchev–Trinajstić information content (AvgIpc) is 3.16. The first-order valence-electron chi connectivity index (χ1n) is 9.44. The van der Waals surface area contributed by atoms with Crippen LogP contribution in [0.2, 0.25) is 5.02 Å². The molecule has 2 aromatic rings. The lowest BCUT2D eigenvalue weighted by molar-refractivity contribution is -0.125. The van der Waals surface area contributed by atoms with Gasteiger partial charge >= 0.3 is 0 Å². The largest absolute Gasteiger partial charge is 0.495 e. The maximum absolute atomic E-state index is 13.1. The van der Waals surface area contributed by atoms with Crippen molar-refractivity contribution in [3.05, 3.63) is 29.0 Å². The number of carbonyl (C=O) groups is 1. The van der Waals surface area contributed by atoms with Gasteiger partial charge in [-0.05, 0) is 38.0 Å². The minimum absolute atomic E-state index is 0.0109. The summed E-state index contributed by atoms with van der Waals surface area (Å²) in [5.74, 6) is 1.03. The van der Waals surface area contributed by atoms with Crippen molar-refractivity contribution in [3.8, 4) is 5.75 Å². The molecule has 3 rings (SSSR count). The summed E-state index contributed by atoms with van der Waals surface area (Å²) in [6.45, 7) is 2.74. The van der Waals surface area contributed by atoms with Gasteiger partial charge in [-0.25, -0.2) is 13.4 Å². The van der Waals surface area contributed by atoms with Gasteiger partial charge in [-0.2, -0.15) is 4.31 Å². The van der Waals surface area contributed by atoms with Crippen molar-refractivity contribution in [2.24, 2.45) is 5.92 Å². The second kappa shape index (κ2) is 9.99. The number of nitrogens with zero attached hydrogens (tertiary/aromatic N) is 3. The maximum Gasteiger partial charge on any atom is 0.246 e. The van der Waals surface area contributed by atoms with Crippen LogP contribution in [0.4, 0.5) is 0 Å². The highest BCUT2D eigenvalue weighted by molar-refractivity contribution is 7.99. The van der Waals surface area contributed by atoms with Crippen molar-refractivity contribution in [1.29, 1.82) is 0 Å². The standard InChI is InChI=1S/C18H24ClN5O4S2/c1-12-21-18(23-22-12)29-9-7-20-17(25)13-4-3-8-24(11-13)30(26,27)16-10-14(19)5-6-15(16)28-2/h5-6,10,13H,3-4,7-9,11H2,1-2H3,(H,20,25)(H,21,22,23). The van der Waals surface area contributed by atoms with E-state index in [1.807, 2.05) is 6.92 Å². The maximum atomic E-state index is 13.1. The Morgan fingerprint density at radius 2 is 2.27 bits per heavy atom. The number of sulfonamides is 1. The number of aromatic amines is 1. The van der Waals surface area contributed by atoms with Gasteiger partial charge in [-0.1, -0.05) is 23.4 Å². The second-order valence-electron chi connectivity index (χ2n) is 6.84. The van der Waals surface area contributed by atoms with Gasteiger partial charge in [0.25, 0.3) is 0 Å². The van der Waals surface area contributed by atoms with Crippen LogP contribution in [0, 0.1) is 12.8 Å². The van der Waals surface area contributed by atoms with Crippen molar-refractivity contribution in [2.45, 2.75) is 29.8 Å². The number of hydrogen-bond donors (Lipinski definition) is 2. The van der Waals surface area contributed by atoms with E-state index >= 15 is 0 Å². The Hall–Kier alpha value is -1.82. The first-order valence-corrected chi connectivity index (χ1v) is 12.2. The normalized spacial score (nSPS) is 17.6. The van der Waals surface area contributed by atoms with Gasteiger partial charge < -0.3 is 10.1 Å². The van der Waals surface area contributed by atoms with Crippen LogP contribution in [0.1, 0.15) is 18.7 Å². The number of aryl methyl sites for hydroxylation is 1. The molecule has 2 heterocycles. The van der Waals surface area contributed by atoms with Crippen molar-refractivity contribution in [2.75, 3.05) is 32.5 Å². The van der Waals surface area contributed by atoms with E-state index in [2.05, 4.69) is 20.5 Å². The fourth-order valence-corrected chi connectivity index (χ4v) is 5.85. The number of H-pyrrole nitrogens is 1. The molecule has 2 N–H and O–H groups in total. The van der Waals surface area contributed by atoms with Crippen LogP contribution in [0.25, 0.3) is 0 Å². The molecule has 9 nitrogen and oxygen atoms in total. The number of ether oxygens (including phenoxy) is 1. The molecule has 12 heteroatoms. The molecule has 1 aliphatic rings. The molecule has 0 saturated carbocycles. The summed E-state index contributed by atoms with van der Waals surface area (Å²) >= 11 is 7.44. The third kappa shape index (κ3) is 5.45. The van der Waals surface area contributed by atoms with E-state index in [1.54, 1.807) is 6.07 Å². The Balaban J connectivity index is 1.59. The predicted octanol–water partition coefficient (Wildman–Crippen LogP) is 2.08. The lowest BCUT2D eigenvalue weighted by Crippen LogP contribution is -2.45. The predicted molar refractivity (Wildman–Crippen MR) is 114 cm³/mol. The molecule has 1 aromatic heterocycles. The topological polar surface area (TPSA) is 117 Å². The van der Waals surface area contributed by atoms with Crippen LogP contribution in [0.15, 0.2) is 28.3 Å². The fraction of sp³-hybridized carbons (Fsp3) is 0.500. The van der Waals surface area contributed by atoms with E-state index in [1.165, 1.54) is 35.3 Å². The van der Waals surface area contributed by atoms with E-state index in [4.69, 9.17) is 16.3 Å². The van der Waals surface area contributed by atoms with Gasteiger partial charge in [0.2, 0.25) is 21.1 Å². The number of methoxy groups -OCH3 is 1. The number of carbonyl (C=O) groups excluding carboxylic acids is 1. The van der Waals surface area contributed by atoms with Gasteiger partial charge in [0, 0.05) is 30.4 Å². The summed E-state index contributed by atoms with van der Waals surface area (Å²) in [5, 5.41) is 10.6. The number of benzene rings is 1. The molecule has 1 amide bonds. The summed E-state index contributed by atoms with van der Waals surface area (Å²) < 4.78 is 32.8. The second-order valence-corrected chi connectivity index (χ2v) is 10.2. The summed E-state index contributed by atoms with van der Waals surface area (Å²) in [7, 11) is -2.42. The minimum Gasteiger partial charge on any atom is -0.495 e. The van der Waals surface area contributed by atoms with Crippen LogP contribution in [-0.4, -0.2) is 66.3 Å².